The van der Waals surface area contributed by atoms with Gasteiger partial charge in [-0.3, -0.25) is 0 Å². The van der Waals surface area contributed by atoms with Crippen LogP contribution in [0.1, 0.15) is 17.4 Å². The van der Waals surface area contributed by atoms with Crippen LogP contribution in [-0.2, 0) is 39.8 Å². The molecule has 1 unspecified atom stereocenters. The lowest BCUT2D eigenvalue weighted by Gasteiger charge is -2.48. The highest BCUT2D eigenvalue weighted by molar-refractivity contribution is 6.20. The Morgan fingerprint density at radius 2 is 1.81 bits per heavy atom. The number of hydrogen-bond acceptors (Lipinski definition) is 7. The van der Waals surface area contributed by atoms with E-state index < -0.39 is 43.0 Å². The largest absolute Gasteiger partial charge is 0.446 e. The first-order valence-electron chi connectivity index (χ1n) is 10.2. The Balaban J connectivity index is 1.60. The molecule has 0 amide bonds. The van der Waals surface area contributed by atoms with Gasteiger partial charge >= 0.3 is 12.2 Å². The molecule has 2 fully saturated rings. The summed E-state index contributed by atoms with van der Waals surface area (Å²) in [6.45, 7) is 0.502. The molecule has 0 N–H and O–H groups in total. The van der Waals surface area contributed by atoms with Gasteiger partial charge in [-0.2, -0.15) is 4.79 Å². The molecular formula is C23H24N2O7. The Labute approximate surface area is 185 Å². The minimum Gasteiger partial charge on any atom is -0.446 e. The van der Waals surface area contributed by atoms with Gasteiger partial charge in [-0.1, -0.05) is 60.7 Å². The fourth-order valence-electron chi connectivity index (χ4n) is 3.81. The Hall–Kier alpha value is -2.91. The van der Waals surface area contributed by atoms with Crippen LogP contribution < -0.4 is 0 Å². The first-order chi connectivity index (χ1) is 15.7. The molecule has 0 aromatic heterocycles. The molecule has 168 valence electrons. The van der Waals surface area contributed by atoms with Crippen molar-refractivity contribution >= 4 is 12.2 Å². The van der Waals surface area contributed by atoms with Gasteiger partial charge < -0.3 is 34.0 Å². The van der Waals surface area contributed by atoms with Gasteiger partial charge in [0.15, 0.2) is 18.7 Å². The number of methoxy groups -OCH3 is 1. The third-order valence-electron chi connectivity index (χ3n) is 5.29. The standard InChI is InChI=1S/C23H24N2O7/c1-27-23-21(31-18(26)12-25-24)20(28-13-15-8-4-2-5-9-15)19-17(30-23)14-29-22(32-19)16-10-6-3-7-11-16/h2-12,17,19-23H,13-14H2,1H3/t17-,19-,20+,21+,22?,23+/m1/s1. The zero-order valence-electron chi connectivity index (χ0n) is 17.5. The summed E-state index contributed by atoms with van der Waals surface area (Å²) in [6, 6.07) is 19.1. The van der Waals surface area contributed by atoms with E-state index in [1.165, 1.54) is 7.11 Å². The van der Waals surface area contributed by atoms with Crippen molar-refractivity contribution in [1.29, 1.82) is 0 Å². The van der Waals surface area contributed by atoms with Crippen molar-refractivity contribution < 1.29 is 38.0 Å². The number of nitrogens with zero attached hydrogens (tertiary/aromatic N) is 2. The van der Waals surface area contributed by atoms with Crippen molar-refractivity contribution in [3.63, 3.8) is 0 Å². The van der Waals surface area contributed by atoms with E-state index in [1.807, 2.05) is 60.7 Å². The Morgan fingerprint density at radius 3 is 2.50 bits per heavy atom. The molecule has 2 heterocycles. The second-order valence-electron chi connectivity index (χ2n) is 7.36. The summed E-state index contributed by atoms with van der Waals surface area (Å²) >= 11 is 0. The lowest BCUT2D eigenvalue weighted by atomic mass is 9.97. The molecule has 9 heteroatoms. The molecule has 9 nitrogen and oxygen atoms in total. The fraction of sp³-hybridized carbons (Fsp3) is 0.391. The summed E-state index contributed by atoms with van der Waals surface area (Å²) in [5.41, 5.74) is 10.5. The van der Waals surface area contributed by atoms with E-state index in [-0.39, 0.29) is 13.2 Å². The van der Waals surface area contributed by atoms with E-state index in [9.17, 15) is 4.79 Å². The number of hydrogen-bond donors (Lipinski definition) is 0. The highest BCUT2D eigenvalue weighted by atomic mass is 16.8. The molecule has 0 radical (unpaired) electrons. The van der Waals surface area contributed by atoms with Gasteiger partial charge in [0.1, 0.15) is 18.3 Å². The number of carbonyl (C=O) groups excluding carboxylic acids is 1. The summed E-state index contributed by atoms with van der Waals surface area (Å²) in [5, 5.41) is 0. The van der Waals surface area contributed by atoms with E-state index in [1.54, 1.807) is 0 Å². The van der Waals surface area contributed by atoms with E-state index >= 15 is 0 Å². The van der Waals surface area contributed by atoms with Crippen molar-refractivity contribution in [1.82, 2.24) is 0 Å². The predicted molar refractivity (Wildman–Crippen MR) is 110 cm³/mol. The van der Waals surface area contributed by atoms with Crippen LogP contribution in [0.2, 0.25) is 0 Å². The second-order valence-corrected chi connectivity index (χ2v) is 7.36. The van der Waals surface area contributed by atoms with Gasteiger partial charge in [-0.05, 0) is 5.56 Å². The van der Waals surface area contributed by atoms with Crippen molar-refractivity contribution in [2.75, 3.05) is 13.7 Å². The average molecular weight is 440 g/mol. The van der Waals surface area contributed by atoms with Gasteiger partial charge in [0.2, 0.25) is 0 Å². The van der Waals surface area contributed by atoms with E-state index in [0.29, 0.717) is 6.21 Å². The van der Waals surface area contributed by atoms with Gasteiger partial charge in [0.25, 0.3) is 0 Å². The smallest absolute Gasteiger partial charge is 0.414 e. The Bertz CT molecular complexity index is 936. The van der Waals surface area contributed by atoms with Crippen LogP contribution in [0.25, 0.3) is 5.53 Å². The normalized spacial score (nSPS) is 29.4. The maximum absolute atomic E-state index is 12.1. The zero-order valence-corrected chi connectivity index (χ0v) is 17.5. The lowest BCUT2D eigenvalue weighted by molar-refractivity contribution is -0.364. The van der Waals surface area contributed by atoms with Gasteiger partial charge in [0.05, 0.1) is 13.2 Å². The molecular weight excluding hydrogens is 416 g/mol. The SMILES string of the molecule is CO[C@H]1O[C@@H]2COC(c3ccccc3)O[C@H]2[C@H](OCc2ccccc2)[C@@H]1OC(=O)C=[N+]=[N-]. The molecule has 4 rings (SSSR count). The van der Waals surface area contributed by atoms with Crippen LogP contribution in [0.3, 0.4) is 0 Å². The molecule has 2 aromatic rings. The van der Waals surface area contributed by atoms with Crippen LogP contribution in [0.5, 0.6) is 0 Å². The lowest BCUT2D eigenvalue weighted by Crippen LogP contribution is -2.63. The summed E-state index contributed by atoms with van der Waals surface area (Å²) in [5.74, 6) is -0.860. The van der Waals surface area contributed by atoms with E-state index in [4.69, 9.17) is 34.0 Å². The van der Waals surface area contributed by atoms with Crippen molar-refractivity contribution in [2.24, 2.45) is 0 Å². The number of ether oxygens (including phenoxy) is 6. The maximum atomic E-state index is 12.1. The first kappa shape index (κ1) is 22.3. The highest BCUT2D eigenvalue weighted by Gasteiger charge is 2.52. The molecule has 0 bridgehead atoms. The number of esters is 1. The minimum atomic E-state index is -0.968. The summed E-state index contributed by atoms with van der Waals surface area (Å²) in [7, 11) is 1.44. The minimum absolute atomic E-state index is 0.244. The van der Waals surface area contributed by atoms with Gasteiger partial charge in [-0.25, -0.2) is 4.79 Å². The molecule has 0 saturated carbocycles. The van der Waals surface area contributed by atoms with Crippen molar-refractivity contribution in [3.05, 3.63) is 77.3 Å². The molecule has 2 aliphatic rings. The average Bonchev–Trinajstić information content (AvgIpc) is 2.84. The number of rotatable bonds is 7. The van der Waals surface area contributed by atoms with E-state index in [0.717, 1.165) is 11.1 Å². The zero-order chi connectivity index (χ0) is 22.3. The Morgan fingerprint density at radius 1 is 1.09 bits per heavy atom. The monoisotopic (exact) mass is 440 g/mol. The predicted octanol–water partition coefficient (Wildman–Crippen LogP) is 2.27. The first-order valence-corrected chi connectivity index (χ1v) is 10.2. The molecule has 2 aliphatic heterocycles. The summed E-state index contributed by atoms with van der Waals surface area (Å²) < 4.78 is 35.2. The maximum Gasteiger partial charge on any atom is 0.414 e. The van der Waals surface area contributed by atoms with Gasteiger partial charge in [0, 0.05) is 12.7 Å². The number of carbonyl (C=O) groups is 1. The topological polar surface area (TPSA) is 109 Å². The Kier molecular flexibility index (Phi) is 7.39. The van der Waals surface area contributed by atoms with Crippen LogP contribution in [0.4, 0.5) is 0 Å². The molecule has 0 spiro atoms. The summed E-state index contributed by atoms with van der Waals surface area (Å²) in [4.78, 5) is 14.8. The third-order valence-corrected chi connectivity index (χ3v) is 5.29. The fourth-order valence-corrected chi connectivity index (χ4v) is 3.81. The molecule has 32 heavy (non-hydrogen) atoms. The molecule has 2 saturated heterocycles. The quantitative estimate of drug-likeness (QED) is 0.281. The molecule has 2 aromatic carbocycles. The van der Waals surface area contributed by atoms with E-state index in [2.05, 4.69) is 4.79 Å². The summed E-state index contributed by atoms with van der Waals surface area (Å²) in [6.07, 6.45) is -3.69. The van der Waals surface area contributed by atoms with Crippen LogP contribution in [0.15, 0.2) is 60.7 Å². The molecule has 6 atom stereocenters. The number of benzene rings is 2. The molecule has 0 aliphatic carbocycles. The number of fused-ring (bicyclic) bond motifs is 1. The highest BCUT2D eigenvalue weighted by Crippen LogP contribution is 2.36. The third kappa shape index (κ3) is 5.11. The van der Waals surface area contributed by atoms with Crippen molar-refractivity contribution in [2.45, 2.75) is 43.6 Å². The van der Waals surface area contributed by atoms with Crippen molar-refractivity contribution in [3.8, 4) is 0 Å². The van der Waals surface area contributed by atoms with Crippen LogP contribution >= 0.6 is 0 Å². The second kappa shape index (κ2) is 10.6. The van der Waals surface area contributed by atoms with Crippen LogP contribution in [0, 0.1) is 0 Å². The van der Waals surface area contributed by atoms with Crippen LogP contribution in [-0.4, -0.2) is 61.4 Å². The van der Waals surface area contributed by atoms with Gasteiger partial charge in [-0.15, -0.1) is 0 Å².